The molecule has 6 heteroatoms. The van der Waals surface area contributed by atoms with Crippen molar-refractivity contribution in [3.63, 3.8) is 0 Å². The number of halogens is 2. The van der Waals surface area contributed by atoms with Gasteiger partial charge in [-0.3, -0.25) is 9.59 Å². The molecule has 0 heterocycles. The van der Waals surface area contributed by atoms with E-state index in [0.29, 0.717) is 22.7 Å². The molecular weight excluding hydrogens is 355 g/mol. The molecule has 2 aliphatic rings. The molecule has 4 nitrogen and oxygen atoms in total. The summed E-state index contributed by atoms with van der Waals surface area (Å²) in [6.07, 6.45) is 2.67. The zero-order valence-electron chi connectivity index (χ0n) is 14.0. The van der Waals surface area contributed by atoms with Crippen molar-refractivity contribution in [3.05, 3.63) is 64.4 Å². The first-order valence-corrected chi connectivity index (χ1v) is 9.06. The Bertz CT molecular complexity index is 882. The third kappa shape index (κ3) is 3.73. The molecule has 2 aromatic rings. The van der Waals surface area contributed by atoms with Gasteiger partial charge in [-0.1, -0.05) is 23.7 Å². The first kappa shape index (κ1) is 17.0. The largest absolute Gasteiger partial charge is 0.349 e. The zero-order valence-corrected chi connectivity index (χ0v) is 14.7. The highest BCUT2D eigenvalue weighted by Crippen LogP contribution is 2.48. The van der Waals surface area contributed by atoms with E-state index in [1.165, 1.54) is 12.1 Å². The van der Waals surface area contributed by atoms with Gasteiger partial charge in [0, 0.05) is 17.6 Å². The molecule has 0 saturated heterocycles. The highest BCUT2D eigenvalue weighted by atomic mass is 35.5. The molecule has 2 aromatic carbocycles. The lowest BCUT2D eigenvalue weighted by Crippen LogP contribution is -2.26. The molecular formula is C20H18ClFN2O2. The van der Waals surface area contributed by atoms with Crippen molar-refractivity contribution in [3.8, 4) is 0 Å². The normalized spacial score (nSPS) is 21.2. The zero-order chi connectivity index (χ0) is 18.3. The molecule has 26 heavy (non-hydrogen) atoms. The fraction of sp³-hybridized carbons (Fsp3) is 0.300. The minimum absolute atomic E-state index is 0.0376. The number of rotatable bonds is 5. The molecule has 2 fully saturated rings. The summed E-state index contributed by atoms with van der Waals surface area (Å²) in [5.74, 6) is -0.794. The maximum absolute atomic E-state index is 13.3. The molecule has 0 aromatic heterocycles. The summed E-state index contributed by atoms with van der Waals surface area (Å²) in [5.41, 5.74) is 1.73. The molecule has 0 bridgehead atoms. The van der Waals surface area contributed by atoms with Crippen LogP contribution in [0.3, 0.4) is 0 Å². The number of anilines is 1. The highest BCUT2D eigenvalue weighted by Gasteiger charge is 2.44. The summed E-state index contributed by atoms with van der Waals surface area (Å²) in [4.78, 5) is 24.7. The number of hydrogen-bond acceptors (Lipinski definition) is 2. The Labute approximate surface area is 155 Å². The van der Waals surface area contributed by atoms with Crippen LogP contribution in [0.4, 0.5) is 10.1 Å². The van der Waals surface area contributed by atoms with Crippen molar-refractivity contribution in [2.24, 2.45) is 5.92 Å². The minimum atomic E-state index is -0.294. The Balaban J connectivity index is 1.42. The molecule has 134 valence electrons. The van der Waals surface area contributed by atoms with Crippen molar-refractivity contribution < 1.29 is 14.0 Å². The summed E-state index contributed by atoms with van der Waals surface area (Å²) in [6.45, 7) is 0. The maximum Gasteiger partial charge on any atom is 0.253 e. The molecule has 2 N–H and O–H groups in total. The number of benzene rings is 2. The Morgan fingerprint density at radius 2 is 1.92 bits per heavy atom. The average Bonchev–Trinajstić information content (AvgIpc) is 3.51. The lowest BCUT2D eigenvalue weighted by Gasteiger charge is -2.10. The fourth-order valence-electron chi connectivity index (χ4n) is 3.09. The Kier molecular flexibility index (Phi) is 4.41. The second-order valence-corrected chi connectivity index (χ2v) is 7.34. The summed E-state index contributed by atoms with van der Waals surface area (Å²) < 4.78 is 13.3. The lowest BCUT2D eigenvalue weighted by molar-refractivity contribution is -0.117. The molecule has 2 atom stereocenters. The van der Waals surface area contributed by atoms with Crippen molar-refractivity contribution in [1.82, 2.24) is 5.32 Å². The van der Waals surface area contributed by atoms with E-state index in [0.717, 1.165) is 18.4 Å². The van der Waals surface area contributed by atoms with Gasteiger partial charge in [-0.05, 0) is 61.1 Å². The fourth-order valence-corrected chi connectivity index (χ4v) is 3.30. The highest BCUT2D eigenvalue weighted by molar-refractivity contribution is 6.34. The van der Waals surface area contributed by atoms with Crippen LogP contribution < -0.4 is 10.6 Å². The molecule has 2 saturated carbocycles. The monoisotopic (exact) mass is 372 g/mol. The van der Waals surface area contributed by atoms with Gasteiger partial charge in [0.25, 0.3) is 5.91 Å². The lowest BCUT2D eigenvalue weighted by atomic mass is 10.1. The molecule has 0 spiro atoms. The predicted octanol–water partition coefficient (Wildman–Crippen LogP) is 4.11. The summed E-state index contributed by atoms with van der Waals surface area (Å²) in [7, 11) is 0. The van der Waals surface area contributed by atoms with Gasteiger partial charge in [0.15, 0.2) is 0 Å². The predicted molar refractivity (Wildman–Crippen MR) is 97.8 cm³/mol. The minimum Gasteiger partial charge on any atom is -0.349 e. The quantitative estimate of drug-likeness (QED) is 0.829. The Morgan fingerprint density at radius 3 is 2.65 bits per heavy atom. The summed E-state index contributed by atoms with van der Waals surface area (Å²) in [6, 6.07) is 11.5. The van der Waals surface area contributed by atoms with Gasteiger partial charge < -0.3 is 10.6 Å². The van der Waals surface area contributed by atoms with E-state index in [1.54, 1.807) is 24.3 Å². The number of hydrogen-bond donors (Lipinski definition) is 2. The van der Waals surface area contributed by atoms with Gasteiger partial charge in [0.1, 0.15) is 5.82 Å². The van der Waals surface area contributed by atoms with Crippen LogP contribution in [0.5, 0.6) is 0 Å². The van der Waals surface area contributed by atoms with E-state index in [-0.39, 0.29) is 35.5 Å². The smallest absolute Gasteiger partial charge is 0.253 e. The third-order valence-corrected chi connectivity index (χ3v) is 5.12. The second kappa shape index (κ2) is 6.72. The number of carbonyl (C=O) groups is 2. The van der Waals surface area contributed by atoms with Gasteiger partial charge >= 0.3 is 0 Å². The van der Waals surface area contributed by atoms with Crippen LogP contribution in [0.1, 0.15) is 41.1 Å². The van der Waals surface area contributed by atoms with Crippen LogP contribution >= 0.6 is 11.6 Å². The van der Waals surface area contributed by atoms with Crippen LogP contribution in [-0.4, -0.2) is 17.9 Å². The molecule has 4 rings (SSSR count). The van der Waals surface area contributed by atoms with Crippen LogP contribution in [-0.2, 0) is 4.79 Å². The van der Waals surface area contributed by atoms with E-state index in [9.17, 15) is 14.0 Å². The summed E-state index contributed by atoms with van der Waals surface area (Å²) >= 11 is 6.12. The maximum atomic E-state index is 13.3. The van der Waals surface area contributed by atoms with Gasteiger partial charge in [-0.25, -0.2) is 4.39 Å². The van der Waals surface area contributed by atoms with Crippen molar-refractivity contribution in [2.45, 2.75) is 31.2 Å². The molecule has 0 radical (unpaired) electrons. The SMILES string of the molecule is O=C(NC1CC1)c1cc(NC(=O)C2CC2c2cccc(F)c2)ccc1Cl. The molecule has 2 amide bonds. The standard InChI is InChI=1S/C20H18ClFN2O2/c21-18-7-6-14(9-17(18)20(26)23-13-4-5-13)24-19(25)16-10-15(16)11-2-1-3-12(22)8-11/h1-3,6-9,13,15-16H,4-5,10H2,(H,23,26)(H,24,25). The van der Waals surface area contributed by atoms with E-state index < -0.39 is 0 Å². The first-order valence-electron chi connectivity index (χ1n) is 8.68. The van der Waals surface area contributed by atoms with E-state index in [2.05, 4.69) is 10.6 Å². The second-order valence-electron chi connectivity index (χ2n) is 6.94. The average molecular weight is 373 g/mol. The topological polar surface area (TPSA) is 58.2 Å². The van der Waals surface area contributed by atoms with E-state index in [4.69, 9.17) is 11.6 Å². The Hall–Kier alpha value is -2.40. The number of nitrogens with one attached hydrogen (secondary N) is 2. The van der Waals surface area contributed by atoms with Gasteiger partial charge in [0.05, 0.1) is 10.6 Å². The molecule has 0 aliphatic heterocycles. The van der Waals surface area contributed by atoms with Crippen LogP contribution in [0, 0.1) is 11.7 Å². The van der Waals surface area contributed by atoms with Crippen molar-refractivity contribution >= 4 is 29.1 Å². The number of carbonyl (C=O) groups excluding carboxylic acids is 2. The van der Waals surface area contributed by atoms with Gasteiger partial charge in [0.2, 0.25) is 5.91 Å². The summed E-state index contributed by atoms with van der Waals surface area (Å²) in [5, 5.41) is 6.08. The van der Waals surface area contributed by atoms with Crippen LogP contribution in [0.25, 0.3) is 0 Å². The van der Waals surface area contributed by atoms with Gasteiger partial charge in [-0.2, -0.15) is 0 Å². The van der Waals surface area contributed by atoms with Crippen molar-refractivity contribution in [2.75, 3.05) is 5.32 Å². The Morgan fingerprint density at radius 1 is 1.12 bits per heavy atom. The number of amides is 2. The molecule has 2 aliphatic carbocycles. The van der Waals surface area contributed by atoms with Crippen LogP contribution in [0.15, 0.2) is 42.5 Å². The van der Waals surface area contributed by atoms with Gasteiger partial charge in [-0.15, -0.1) is 0 Å². The van der Waals surface area contributed by atoms with Crippen LogP contribution in [0.2, 0.25) is 5.02 Å². The third-order valence-electron chi connectivity index (χ3n) is 4.80. The van der Waals surface area contributed by atoms with Crippen molar-refractivity contribution in [1.29, 1.82) is 0 Å². The molecule has 2 unspecified atom stereocenters. The van der Waals surface area contributed by atoms with E-state index in [1.807, 2.05) is 6.07 Å². The first-order chi connectivity index (χ1) is 12.5. The van der Waals surface area contributed by atoms with E-state index >= 15 is 0 Å².